The predicted molar refractivity (Wildman–Crippen MR) is 133 cm³/mol. The van der Waals surface area contributed by atoms with E-state index in [-0.39, 0.29) is 0 Å². The zero-order valence-corrected chi connectivity index (χ0v) is 20.3. The average Bonchev–Trinajstić information content (AvgIpc) is 3.64. The van der Waals surface area contributed by atoms with Crippen LogP contribution in [-0.4, -0.2) is 25.0 Å². The monoisotopic (exact) mass is 491 g/mol. The summed E-state index contributed by atoms with van der Waals surface area (Å²) in [6, 6.07) is 16.7. The molecule has 0 radical (unpaired) electrons. The first-order chi connectivity index (χ1) is 16.3. The molecular weight excluding hydrogens is 470 g/mol. The molecule has 5 aromatic rings. The first-order valence-electron chi connectivity index (χ1n) is 10.9. The third-order valence-corrected chi connectivity index (χ3v) is 8.68. The van der Waals surface area contributed by atoms with Gasteiger partial charge in [-0.15, -0.1) is 43.1 Å². The zero-order chi connectivity index (χ0) is 22.0. The van der Waals surface area contributed by atoms with Crippen LogP contribution in [0.3, 0.4) is 0 Å². The SMILES string of the molecule is c1ccc(Cn2c(SCc3nnc(-c4cc5c(s4)CCCC5)o3)nnc2-c2cccs2)cc1. The molecule has 6 nitrogen and oxygen atoms in total. The highest BCUT2D eigenvalue weighted by Crippen LogP contribution is 2.36. The fourth-order valence-electron chi connectivity index (χ4n) is 4.03. The lowest BCUT2D eigenvalue weighted by Gasteiger charge is -2.09. The van der Waals surface area contributed by atoms with E-state index >= 15 is 0 Å². The summed E-state index contributed by atoms with van der Waals surface area (Å²) in [7, 11) is 0. The van der Waals surface area contributed by atoms with Gasteiger partial charge in [0.05, 0.1) is 22.1 Å². The maximum absolute atomic E-state index is 6.02. The molecule has 0 bridgehead atoms. The van der Waals surface area contributed by atoms with Gasteiger partial charge in [0.15, 0.2) is 11.0 Å². The Labute approximate surface area is 203 Å². The van der Waals surface area contributed by atoms with Crippen LogP contribution in [0.15, 0.2) is 63.5 Å². The van der Waals surface area contributed by atoms with Gasteiger partial charge in [-0.1, -0.05) is 48.2 Å². The molecule has 33 heavy (non-hydrogen) atoms. The molecule has 166 valence electrons. The van der Waals surface area contributed by atoms with Gasteiger partial charge in [-0.25, -0.2) is 0 Å². The number of rotatable bonds is 7. The highest BCUT2D eigenvalue weighted by molar-refractivity contribution is 7.98. The largest absolute Gasteiger partial charge is 0.419 e. The Balaban J connectivity index is 1.22. The standard InChI is InChI=1S/C24H21N5OS3/c1-2-7-16(8-3-1)14-29-22(19-11-6-12-31-19)26-28-24(29)32-15-21-25-27-23(30-21)20-13-17-9-4-5-10-18(17)33-20/h1-3,6-8,11-13H,4-5,9-10,14-15H2. The van der Waals surface area contributed by atoms with E-state index in [9.17, 15) is 0 Å². The Kier molecular flexibility index (Phi) is 5.83. The van der Waals surface area contributed by atoms with Crippen molar-refractivity contribution in [2.75, 3.05) is 0 Å². The number of aryl methyl sites for hydroxylation is 2. The second-order valence-electron chi connectivity index (χ2n) is 7.91. The van der Waals surface area contributed by atoms with Gasteiger partial charge in [-0.05, 0) is 54.3 Å². The highest BCUT2D eigenvalue weighted by Gasteiger charge is 2.19. The molecule has 6 rings (SSSR count). The minimum atomic E-state index is 0.551. The lowest BCUT2D eigenvalue weighted by molar-refractivity contribution is 0.529. The highest BCUT2D eigenvalue weighted by atomic mass is 32.2. The number of hydrogen-bond donors (Lipinski definition) is 0. The van der Waals surface area contributed by atoms with E-state index in [1.54, 1.807) is 34.4 Å². The molecule has 0 amide bonds. The normalized spacial score (nSPS) is 13.3. The van der Waals surface area contributed by atoms with Crippen molar-refractivity contribution in [3.63, 3.8) is 0 Å². The Morgan fingerprint density at radius 2 is 1.85 bits per heavy atom. The van der Waals surface area contributed by atoms with Crippen LogP contribution in [0, 0.1) is 0 Å². The Morgan fingerprint density at radius 1 is 0.939 bits per heavy atom. The molecule has 0 atom stereocenters. The third kappa shape index (κ3) is 4.40. The minimum Gasteiger partial charge on any atom is -0.419 e. The van der Waals surface area contributed by atoms with Gasteiger partial charge in [0.25, 0.3) is 5.89 Å². The Morgan fingerprint density at radius 3 is 2.70 bits per heavy atom. The summed E-state index contributed by atoms with van der Waals surface area (Å²) < 4.78 is 8.18. The van der Waals surface area contributed by atoms with E-state index < -0.39 is 0 Å². The van der Waals surface area contributed by atoms with Crippen molar-refractivity contribution in [2.45, 2.75) is 43.1 Å². The molecule has 0 N–H and O–H groups in total. The van der Waals surface area contributed by atoms with Crippen molar-refractivity contribution < 1.29 is 4.42 Å². The van der Waals surface area contributed by atoms with Crippen molar-refractivity contribution in [2.24, 2.45) is 0 Å². The summed E-state index contributed by atoms with van der Waals surface area (Å²) in [5.74, 6) is 2.66. The number of fused-ring (bicyclic) bond motifs is 1. The van der Waals surface area contributed by atoms with Crippen LogP contribution in [0.4, 0.5) is 0 Å². The van der Waals surface area contributed by atoms with Gasteiger partial charge < -0.3 is 4.42 Å². The Bertz CT molecular complexity index is 1330. The van der Waals surface area contributed by atoms with Gasteiger partial charge in [0, 0.05) is 4.88 Å². The summed E-state index contributed by atoms with van der Waals surface area (Å²) in [5, 5.41) is 20.5. The van der Waals surface area contributed by atoms with E-state index in [1.165, 1.54) is 35.3 Å². The maximum Gasteiger partial charge on any atom is 0.257 e. The molecule has 4 aromatic heterocycles. The molecule has 0 saturated heterocycles. The fourth-order valence-corrected chi connectivity index (χ4v) is 6.69. The summed E-state index contributed by atoms with van der Waals surface area (Å²) in [6.45, 7) is 0.708. The molecule has 0 unspecified atom stereocenters. The topological polar surface area (TPSA) is 69.6 Å². The van der Waals surface area contributed by atoms with Crippen LogP contribution in [0.5, 0.6) is 0 Å². The summed E-state index contributed by atoms with van der Waals surface area (Å²) >= 11 is 5.04. The van der Waals surface area contributed by atoms with Crippen molar-refractivity contribution in [1.82, 2.24) is 25.0 Å². The van der Waals surface area contributed by atoms with Crippen LogP contribution < -0.4 is 0 Å². The maximum atomic E-state index is 6.02. The quantitative estimate of drug-likeness (QED) is 0.248. The van der Waals surface area contributed by atoms with Gasteiger partial charge in [-0.2, -0.15) is 0 Å². The Hall–Kier alpha value is -2.75. The number of hydrogen-bond acceptors (Lipinski definition) is 8. The average molecular weight is 492 g/mol. The van der Waals surface area contributed by atoms with Crippen molar-refractivity contribution in [1.29, 1.82) is 0 Å². The molecule has 9 heteroatoms. The van der Waals surface area contributed by atoms with Crippen LogP contribution in [0.25, 0.3) is 21.5 Å². The molecule has 0 spiro atoms. The van der Waals surface area contributed by atoms with Crippen LogP contribution >= 0.6 is 34.4 Å². The van der Waals surface area contributed by atoms with Gasteiger partial charge in [-0.3, -0.25) is 4.57 Å². The molecule has 0 saturated carbocycles. The van der Waals surface area contributed by atoms with E-state index in [4.69, 9.17) is 4.42 Å². The summed E-state index contributed by atoms with van der Waals surface area (Å²) in [5.41, 5.74) is 2.66. The van der Waals surface area contributed by atoms with Gasteiger partial charge in [0.1, 0.15) is 0 Å². The van der Waals surface area contributed by atoms with Crippen LogP contribution in [0.1, 0.15) is 34.7 Å². The first kappa shape index (κ1) is 20.8. The van der Waals surface area contributed by atoms with E-state index in [2.05, 4.69) is 66.7 Å². The summed E-state index contributed by atoms with van der Waals surface area (Å²) in [6.07, 6.45) is 4.87. The fraction of sp³-hybridized carbons (Fsp3) is 0.250. The molecule has 1 aliphatic rings. The number of thiophene rings is 2. The summed E-state index contributed by atoms with van der Waals surface area (Å²) in [4.78, 5) is 3.66. The number of benzene rings is 1. The van der Waals surface area contributed by atoms with Gasteiger partial charge in [0.2, 0.25) is 5.89 Å². The predicted octanol–water partition coefficient (Wildman–Crippen LogP) is 6.34. The van der Waals surface area contributed by atoms with Gasteiger partial charge >= 0.3 is 0 Å². The van der Waals surface area contributed by atoms with Crippen molar-refractivity contribution >= 4 is 34.4 Å². The molecule has 0 fully saturated rings. The molecule has 1 aliphatic carbocycles. The second kappa shape index (κ2) is 9.24. The zero-order valence-electron chi connectivity index (χ0n) is 17.8. The van der Waals surface area contributed by atoms with Crippen LogP contribution in [-0.2, 0) is 25.1 Å². The van der Waals surface area contributed by atoms with E-state index in [0.717, 1.165) is 27.2 Å². The smallest absolute Gasteiger partial charge is 0.257 e. The molecule has 4 heterocycles. The number of nitrogens with zero attached hydrogens (tertiary/aromatic N) is 5. The molecular formula is C24H21N5OS3. The van der Waals surface area contributed by atoms with E-state index in [1.807, 2.05) is 12.1 Å². The number of aromatic nitrogens is 5. The van der Waals surface area contributed by atoms with Crippen molar-refractivity contribution in [3.05, 3.63) is 75.8 Å². The van der Waals surface area contributed by atoms with E-state index in [0.29, 0.717) is 24.1 Å². The lowest BCUT2D eigenvalue weighted by Crippen LogP contribution is -2.03. The van der Waals surface area contributed by atoms with Crippen molar-refractivity contribution in [3.8, 4) is 21.5 Å². The molecule has 0 aliphatic heterocycles. The van der Waals surface area contributed by atoms with Crippen LogP contribution in [0.2, 0.25) is 0 Å². The molecule has 1 aromatic carbocycles. The lowest BCUT2D eigenvalue weighted by atomic mass is 9.99. The second-order valence-corrected chi connectivity index (χ2v) is 10.9. The third-order valence-electron chi connectivity index (χ3n) is 5.64. The number of thioether (sulfide) groups is 1. The first-order valence-corrected chi connectivity index (χ1v) is 13.6. The minimum absolute atomic E-state index is 0.551.